The average molecular weight is 190 g/mol. The highest BCUT2D eigenvalue weighted by atomic mass is 28.3. The summed E-state index contributed by atoms with van der Waals surface area (Å²) in [5.74, 6) is 0. The molecule has 0 bridgehead atoms. The molecule has 0 aliphatic carbocycles. The topological polar surface area (TPSA) is 0 Å². The Bertz CT molecular complexity index is 288. The van der Waals surface area contributed by atoms with E-state index < -0.39 is 8.07 Å². The van der Waals surface area contributed by atoms with Crippen molar-refractivity contribution in [2.24, 2.45) is 0 Å². The lowest BCUT2D eigenvalue weighted by atomic mass is 10.2. The molecule has 0 radical (unpaired) electrons. The van der Waals surface area contributed by atoms with Crippen LogP contribution in [0.3, 0.4) is 0 Å². The molecule has 70 valence electrons. The smallest absolute Gasteiger partial charge is 0.0687 e. The van der Waals surface area contributed by atoms with Gasteiger partial charge in [0.05, 0.1) is 8.07 Å². The van der Waals surface area contributed by atoms with Crippen molar-refractivity contribution >= 4 is 14.1 Å². The van der Waals surface area contributed by atoms with E-state index in [2.05, 4.69) is 62.6 Å². The number of aryl methyl sites for hydroxylation is 1. The van der Waals surface area contributed by atoms with Gasteiger partial charge < -0.3 is 0 Å². The Kier molecular flexibility index (Phi) is 3.10. The molecular weight excluding hydrogens is 172 g/mol. The Labute approximate surface area is 82.3 Å². The number of hydrogen-bond donors (Lipinski definition) is 0. The molecule has 0 N–H and O–H groups in total. The van der Waals surface area contributed by atoms with Crippen molar-refractivity contribution < 1.29 is 0 Å². The monoisotopic (exact) mass is 190 g/mol. The van der Waals surface area contributed by atoms with Gasteiger partial charge in [0.1, 0.15) is 0 Å². The molecule has 0 amide bonds. The van der Waals surface area contributed by atoms with Gasteiger partial charge in [-0.3, -0.25) is 0 Å². The lowest BCUT2D eigenvalue weighted by Gasteiger charge is -2.07. The highest BCUT2D eigenvalue weighted by Crippen LogP contribution is 2.09. The van der Waals surface area contributed by atoms with E-state index >= 15 is 0 Å². The molecular formula is C12H18Si. The Balaban J connectivity index is 2.75. The van der Waals surface area contributed by atoms with Gasteiger partial charge >= 0.3 is 0 Å². The van der Waals surface area contributed by atoms with E-state index in [4.69, 9.17) is 0 Å². The SMILES string of the molecule is Cc1ccc(/C=C/[Si](C)(C)C)cc1. The van der Waals surface area contributed by atoms with Gasteiger partial charge in [0.25, 0.3) is 0 Å². The summed E-state index contributed by atoms with van der Waals surface area (Å²) < 4.78 is 0. The summed E-state index contributed by atoms with van der Waals surface area (Å²) in [6.45, 7) is 9.15. The van der Waals surface area contributed by atoms with E-state index in [0.29, 0.717) is 0 Å². The van der Waals surface area contributed by atoms with Gasteiger partial charge in [-0.05, 0) is 12.5 Å². The summed E-state index contributed by atoms with van der Waals surface area (Å²) in [4.78, 5) is 0. The Morgan fingerprint density at radius 1 is 1.00 bits per heavy atom. The van der Waals surface area contributed by atoms with Gasteiger partial charge in [-0.1, -0.05) is 61.2 Å². The van der Waals surface area contributed by atoms with Crippen molar-refractivity contribution in [3.8, 4) is 0 Å². The van der Waals surface area contributed by atoms with Gasteiger partial charge in [-0.2, -0.15) is 0 Å². The van der Waals surface area contributed by atoms with Crippen LogP contribution in [-0.2, 0) is 0 Å². The van der Waals surface area contributed by atoms with Gasteiger partial charge in [-0.15, -0.1) is 0 Å². The molecule has 0 nitrogen and oxygen atoms in total. The molecule has 0 fully saturated rings. The van der Waals surface area contributed by atoms with Crippen LogP contribution < -0.4 is 0 Å². The summed E-state index contributed by atoms with van der Waals surface area (Å²) in [6, 6.07) is 8.66. The minimum absolute atomic E-state index is 1.03. The van der Waals surface area contributed by atoms with Crippen molar-refractivity contribution in [2.75, 3.05) is 0 Å². The predicted molar refractivity (Wildman–Crippen MR) is 63.6 cm³/mol. The summed E-state index contributed by atoms with van der Waals surface area (Å²) >= 11 is 0. The summed E-state index contributed by atoms with van der Waals surface area (Å²) in [5, 5.41) is 0. The van der Waals surface area contributed by atoms with E-state index in [1.165, 1.54) is 11.1 Å². The molecule has 0 saturated heterocycles. The number of rotatable bonds is 2. The standard InChI is InChI=1S/C12H18Si/c1-11-5-7-12(8-6-11)9-10-13(2,3)4/h5-10H,1-4H3/b10-9+. The molecule has 1 aromatic rings. The number of hydrogen-bond acceptors (Lipinski definition) is 0. The van der Waals surface area contributed by atoms with Crippen LogP contribution in [0.25, 0.3) is 6.08 Å². The lowest BCUT2D eigenvalue weighted by Crippen LogP contribution is -2.15. The second-order valence-electron chi connectivity index (χ2n) is 4.61. The van der Waals surface area contributed by atoms with Crippen molar-refractivity contribution in [3.63, 3.8) is 0 Å². The Hall–Kier alpha value is -0.823. The summed E-state index contributed by atoms with van der Waals surface area (Å²) in [7, 11) is -1.03. The van der Waals surface area contributed by atoms with Crippen LogP contribution in [0.5, 0.6) is 0 Å². The quantitative estimate of drug-likeness (QED) is 0.621. The van der Waals surface area contributed by atoms with Gasteiger partial charge in [-0.25, -0.2) is 0 Å². The zero-order chi connectivity index (χ0) is 9.90. The summed E-state index contributed by atoms with van der Waals surface area (Å²) in [5.41, 5.74) is 5.01. The first-order valence-electron chi connectivity index (χ1n) is 4.73. The van der Waals surface area contributed by atoms with Crippen LogP contribution >= 0.6 is 0 Å². The molecule has 0 saturated carbocycles. The van der Waals surface area contributed by atoms with E-state index in [1.807, 2.05) is 0 Å². The fraction of sp³-hybridized carbons (Fsp3) is 0.333. The lowest BCUT2D eigenvalue weighted by molar-refractivity contribution is 1.46. The normalized spacial score (nSPS) is 12.3. The maximum absolute atomic E-state index is 2.37. The van der Waals surface area contributed by atoms with E-state index in [-0.39, 0.29) is 0 Å². The third-order valence-corrected chi connectivity index (χ3v) is 3.02. The molecule has 0 unspecified atom stereocenters. The molecule has 13 heavy (non-hydrogen) atoms. The Morgan fingerprint density at radius 2 is 1.54 bits per heavy atom. The first-order valence-corrected chi connectivity index (χ1v) is 8.31. The molecule has 0 aromatic heterocycles. The molecule has 0 heterocycles. The maximum Gasteiger partial charge on any atom is 0.0687 e. The fourth-order valence-electron chi connectivity index (χ4n) is 1.02. The van der Waals surface area contributed by atoms with Crippen molar-refractivity contribution in [2.45, 2.75) is 26.6 Å². The van der Waals surface area contributed by atoms with E-state index in [9.17, 15) is 0 Å². The van der Waals surface area contributed by atoms with Crippen LogP contribution in [0.1, 0.15) is 11.1 Å². The van der Waals surface area contributed by atoms with Crippen molar-refractivity contribution in [1.82, 2.24) is 0 Å². The molecule has 0 spiro atoms. The second-order valence-corrected chi connectivity index (χ2v) is 9.68. The minimum Gasteiger partial charge on any atom is -0.0944 e. The van der Waals surface area contributed by atoms with Crippen LogP contribution in [0.4, 0.5) is 0 Å². The zero-order valence-corrected chi connectivity index (χ0v) is 9.96. The average Bonchev–Trinajstić information content (AvgIpc) is 2.02. The van der Waals surface area contributed by atoms with Gasteiger partial charge in [0.15, 0.2) is 0 Å². The highest BCUT2D eigenvalue weighted by molar-refractivity contribution is 6.81. The third-order valence-electron chi connectivity index (χ3n) is 1.85. The summed E-state index contributed by atoms with van der Waals surface area (Å²) in [6.07, 6.45) is 2.24. The van der Waals surface area contributed by atoms with Gasteiger partial charge in [0, 0.05) is 0 Å². The molecule has 1 heteroatoms. The van der Waals surface area contributed by atoms with E-state index in [0.717, 1.165) is 0 Å². The van der Waals surface area contributed by atoms with Crippen LogP contribution in [0.15, 0.2) is 30.0 Å². The third kappa shape index (κ3) is 4.09. The molecule has 0 aliphatic heterocycles. The predicted octanol–water partition coefficient (Wildman–Crippen LogP) is 3.89. The molecule has 1 rings (SSSR count). The van der Waals surface area contributed by atoms with Crippen LogP contribution in [0, 0.1) is 6.92 Å². The van der Waals surface area contributed by atoms with E-state index in [1.54, 1.807) is 0 Å². The van der Waals surface area contributed by atoms with Crippen LogP contribution in [0.2, 0.25) is 19.6 Å². The van der Waals surface area contributed by atoms with Crippen molar-refractivity contribution in [3.05, 3.63) is 41.1 Å². The van der Waals surface area contributed by atoms with Crippen LogP contribution in [-0.4, -0.2) is 8.07 Å². The highest BCUT2D eigenvalue weighted by Gasteiger charge is 2.06. The molecule has 1 aromatic carbocycles. The second kappa shape index (κ2) is 3.92. The largest absolute Gasteiger partial charge is 0.0944 e. The number of benzene rings is 1. The fourth-order valence-corrected chi connectivity index (χ4v) is 1.72. The first-order chi connectivity index (χ1) is 5.97. The molecule has 0 aliphatic rings. The van der Waals surface area contributed by atoms with Crippen molar-refractivity contribution in [1.29, 1.82) is 0 Å². The Morgan fingerprint density at radius 3 is 2.00 bits per heavy atom. The first kappa shape index (κ1) is 10.3. The minimum atomic E-state index is -1.03. The van der Waals surface area contributed by atoms with Gasteiger partial charge in [0.2, 0.25) is 0 Å². The zero-order valence-electron chi connectivity index (χ0n) is 8.96. The maximum atomic E-state index is 2.37. The molecule has 0 atom stereocenters.